The molecule has 0 saturated carbocycles. The van der Waals surface area contributed by atoms with Crippen molar-refractivity contribution in [3.05, 3.63) is 57.5 Å². The van der Waals surface area contributed by atoms with Crippen molar-refractivity contribution in [2.75, 3.05) is 26.7 Å². The summed E-state index contributed by atoms with van der Waals surface area (Å²) < 4.78 is 90.5. The molecule has 0 amide bonds. The van der Waals surface area contributed by atoms with E-state index in [0.717, 1.165) is 102 Å². The molecule has 4 aromatic heterocycles. The highest BCUT2D eigenvalue weighted by Gasteiger charge is 2.41. The number of carbonyl (C=O) groups is 2. The molecule has 3 atom stereocenters. The smallest absolute Gasteiger partial charge is 0.433 e. The number of hydrogen-bond acceptors (Lipinski definition) is 10. The van der Waals surface area contributed by atoms with E-state index in [9.17, 15) is 35.9 Å². The lowest BCUT2D eigenvalue weighted by Crippen LogP contribution is -2.51. The minimum atomic E-state index is -4.47. The monoisotopic (exact) mass is 784 g/mol. The molecule has 5 aliphatic heterocycles. The van der Waals surface area contributed by atoms with Gasteiger partial charge in [0.15, 0.2) is 0 Å². The zero-order chi connectivity index (χ0) is 37.8. The Balaban J connectivity index is 0.000000164. The first-order valence-corrected chi connectivity index (χ1v) is 19.0. The topological polar surface area (TPSA) is 94.7 Å². The molecular weight excluding hydrogens is 747 g/mol. The van der Waals surface area contributed by atoms with Crippen LogP contribution in [0.1, 0.15) is 69.3 Å². The van der Waals surface area contributed by atoms with Crippen LogP contribution >= 0.6 is 22.7 Å². The van der Waals surface area contributed by atoms with Gasteiger partial charge in [0.25, 0.3) is 0 Å². The lowest BCUT2D eigenvalue weighted by atomic mass is 9.86. The summed E-state index contributed by atoms with van der Waals surface area (Å²) in [6.07, 6.45) is -3.08. The van der Waals surface area contributed by atoms with Gasteiger partial charge in [0.2, 0.25) is 0 Å². The zero-order valence-corrected chi connectivity index (χ0v) is 30.7. The first-order chi connectivity index (χ1) is 25.0. The van der Waals surface area contributed by atoms with Crippen molar-refractivity contribution in [1.82, 2.24) is 29.4 Å². The highest BCUT2D eigenvalue weighted by molar-refractivity contribution is 7.17. The molecule has 9 rings (SSSR count). The Labute approximate surface area is 309 Å². The van der Waals surface area contributed by atoms with Crippen molar-refractivity contribution >= 4 is 34.6 Å². The standard InChI is InChI=1S/C18H20F3N3O2S.C17H18F3N3O2S/c1-23-10-3-4-11(23)8-12(7-10)26-17(25)15-6-5-14(27-15)13-9-16(18(19,20)21)24(2)22-13;1-22-15(17(18,19)20)8-11(21-22)13-2-3-14(26-13)16(24)25-12-9-23-6-4-10(12)5-7-23/h5-6,9-12H,3-4,7-8H2,1-2H3;2-3,8,10,12H,4-7,9H2,1H3. The highest BCUT2D eigenvalue weighted by atomic mass is 32.1. The van der Waals surface area contributed by atoms with Crippen LogP contribution in [-0.2, 0) is 35.9 Å². The Bertz CT molecular complexity index is 1940. The number of halogens is 6. The van der Waals surface area contributed by atoms with Gasteiger partial charge in [-0.2, -0.15) is 36.5 Å². The number of aromatic nitrogens is 4. The van der Waals surface area contributed by atoms with Crippen LogP contribution in [0.25, 0.3) is 21.1 Å². The molecule has 0 spiro atoms. The van der Waals surface area contributed by atoms with Gasteiger partial charge in [0, 0.05) is 45.6 Å². The number of piperidine rings is 4. The Morgan fingerprint density at radius 3 is 1.60 bits per heavy atom. The number of nitrogens with zero attached hydrogens (tertiary/aromatic N) is 6. The van der Waals surface area contributed by atoms with Crippen LogP contribution in [0.5, 0.6) is 0 Å². The van der Waals surface area contributed by atoms with Gasteiger partial charge in [-0.3, -0.25) is 14.3 Å². The van der Waals surface area contributed by atoms with Crippen LogP contribution in [0.4, 0.5) is 26.3 Å². The van der Waals surface area contributed by atoms with Gasteiger partial charge < -0.3 is 14.4 Å². The minimum absolute atomic E-state index is 0.0940. The molecule has 9 heterocycles. The summed E-state index contributed by atoms with van der Waals surface area (Å²) >= 11 is 2.21. The van der Waals surface area contributed by atoms with Gasteiger partial charge in [-0.05, 0) is 88.1 Å². The van der Waals surface area contributed by atoms with Crippen molar-refractivity contribution in [2.24, 2.45) is 20.0 Å². The van der Waals surface area contributed by atoms with Crippen LogP contribution in [-0.4, -0.2) is 92.3 Å². The van der Waals surface area contributed by atoms with Crippen LogP contribution < -0.4 is 0 Å². The second kappa shape index (κ2) is 14.5. The largest absolute Gasteiger partial charge is 0.458 e. The van der Waals surface area contributed by atoms with Crippen molar-refractivity contribution in [2.45, 2.75) is 75.2 Å². The molecule has 0 radical (unpaired) electrons. The predicted molar refractivity (Wildman–Crippen MR) is 184 cm³/mol. The van der Waals surface area contributed by atoms with Gasteiger partial charge >= 0.3 is 24.3 Å². The third-order valence-electron chi connectivity index (χ3n) is 10.6. The van der Waals surface area contributed by atoms with Gasteiger partial charge in [0.05, 0.1) is 9.75 Å². The number of aryl methyl sites for hydroxylation is 2. The molecule has 53 heavy (non-hydrogen) atoms. The molecule has 5 saturated heterocycles. The molecule has 0 N–H and O–H groups in total. The number of esters is 2. The number of alkyl halides is 6. The molecule has 4 aromatic rings. The summed E-state index contributed by atoms with van der Waals surface area (Å²) in [7, 11) is 4.63. The molecule has 5 aliphatic rings. The van der Waals surface area contributed by atoms with Crippen molar-refractivity contribution < 1.29 is 45.4 Å². The summed E-state index contributed by atoms with van der Waals surface area (Å²) in [5.74, 6) is -0.410. The lowest BCUT2D eigenvalue weighted by Gasteiger charge is -2.43. The lowest BCUT2D eigenvalue weighted by molar-refractivity contribution is -0.144. The number of thiophene rings is 2. The van der Waals surface area contributed by atoms with E-state index in [2.05, 4.69) is 27.0 Å². The zero-order valence-electron chi connectivity index (χ0n) is 29.1. The Morgan fingerprint density at radius 1 is 0.717 bits per heavy atom. The molecule has 0 aromatic carbocycles. The fraction of sp³-hybridized carbons (Fsp3) is 0.543. The van der Waals surface area contributed by atoms with E-state index in [-0.39, 0.29) is 23.6 Å². The van der Waals surface area contributed by atoms with E-state index in [4.69, 9.17) is 9.47 Å². The summed E-state index contributed by atoms with van der Waals surface area (Å²) in [6.45, 7) is 2.88. The number of ether oxygens (including phenoxy) is 2. The minimum Gasteiger partial charge on any atom is -0.458 e. The Kier molecular flexibility index (Phi) is 10.3. The average molecular weight is 785 g/mol. The Hall–Kier alpha value is -3.74. The fourth-order valence-corrected chi connectivity index (χ4v) is 9.47. The maximum absolute atomic E-state index is 12.9. The Morgan fingerprint density at radius 2 is 1.19 bits per heavy atom. The maximum Gasteiger partial charge on any atom is 0.433 e. The van der Waals surface area contributed by atoms with E-state index in [1.807, 2.05) is 0 Å². The number of fused-ring (bicyclic) bond motifs is 5. The van der Waals surface area contributed by atoms with Crippen LogP contribution in [0.15, 0.2) is 36.4 Å². The van der Waals surface area contributed by atoms with Crippen molar-refractivity contribution in [3.8, 4) is 21.1 Å². The molecule has 3 unspecified atom stereocenters. The number of rotatable bonds is 6. The van der Waals surface area contributed by atoms with Gasteiger partial charge in [-0.25, -0.2) is 9.59 Å². The van der Waals surface area contributed by atoms with Gasteiger partial charge in [0.1, 0.15) is 44.7 Å². The summed E-state index contributed by atoms with van der Waals surface area (Å²) in [5, 5.41) is 7.84. The van der Waals surface area contributed by atoms with E-state index in [0.29, 0.717) is 37.5 Å². The van der Waals surface area contributed by atoms with Crippen LogP contribution in [0.3, 0.4) is 0 Å². The summed E-state index contributed by atoms with van der Waals surface area (Å²) in [6, 6.07) is 9.33. The maximum atomic E-state index is 12.9. The quantitative estimate of drug-likeness (QED) is 0.148. The van der Waals surface area contributed by atoms with E-state index >= 15 is 0 Å². The molecule has 0 aliphatic carbocycles. The predicted octanol–water partition coefficient (Wildman–Crippen LogP) is 7.37. The molecule has 286 valence electrons. The molecule has 18 heteroatoms. The second-order valence-electron chi connectivity index (χ2n) is 14.0. The van der Waals surface area contributed by atoms with E-state index < -0.39 is 35.7 Å². The molecule has 10 nitrogen and oxygen atoms in total. The normalized spacial score (nSPS) is 25.6. The molecule has 4 bridgehead atoms. The number of carbonyl (C=O) groups excluding carboxylic acids is 2. The average Bonchev–Trinajstić information content (AvgIpc) is 3.93. The third-order valence-corrected chi connectivity index (χ3v) is 12.8. The SMILES string of the molecule is CN1C2CCC1CC(OC(=O)c1ccc(-c3cc(C(F)(F)F)n(C)n3)s1)C2.Cn1nc(-c2ccc(C(=O)OC3CN4CCC3CC4)s2)cc1C(F)(F)F. The first-order valence-electron chi connectivity index (χ1n) is 17.3. The van der Waals surface area contributed by atoms with Gasteiger partial charge in [-0.15, -0.1) is 22.7 Å². The summed E-state index contributed by atoms with van der Waals surface area (Å²) in [4.78, 5) is 31.4. The molecule has 5 fully saturated rings. The van der Waals surface area contributed by atoms with E-state index in [1.165, 1.54) is 14.1 Å². The second-order valence-corrected chi connectivity index (χ2v) is 16.2. The van der Waals surface area contributed by atoms with Crippen LogP contribution in [0, 0.1) is 5.92 Å². The van der Waals surface area contributed by atoms with Crippen LogP contribution in [0.2, 0.25) is 0 Å². The third kappa shape index (κ3) is 8.05. The highest BCUT2D eigenvalue weighted by Crippen LogP contribution is 2.38. The number of hydrogen-bond donors (Lipinski definition) is 0. The fourth-order valence-electron chi connectivity index (χ4n) is 7.78. The summed E-state index contributed by atoms with van der Waals surface area (Å²) in [5.41, 5.74) is -1.24. The first kappa shape index (κ1) is 37.6. The van der Waals surface area contributed by atoms with Gasteiger partial charge in [-0.1, -0.05) is 0 Å². The van der Waals surface area contributed by atoms with Crippen molar-refractivity contribution in [1.29, 1.82) is 0 Å². The van der Waals surface area contributed by atoms with Crippen molar-refractivity contribution in [3.63, 3.8) is 0 Å². The van der Waals surface area contributed by atoms with E-state index in [1.54, 1.807) is 24.3 Å². The molecular formula is C35H38F6N6O4S2.